The first-order valence-corrected chi connectivity index (χ1v) is 7.67. The van der Waals surface area contributed by atoms with Gasteiger partial charge in [-0.1, -0.05) is 26.2 Å². The Kier molecular flexibility index (Phi) is 8.84. The van der Waals surface area contributed by atoms with Crippen molar-refractivity contribution in [1.29, 1.82) is 0 Å². The molecule has 0 aromatic carbocycles. The molecule has 1 unspecified atom stereocenters. The molecule has 19 heavy (non-hydrogen) atoms. The van der Waals surface area contributed by atoms with Gasteiger partial charge in [0.05, 0.1) is 19.6 Å². The van der Waals surface area contributed by atoms with Crippen molar-refractivity contribution in [1.82, 2.24) is 4.90 Å². The molecule has 1 atom stereocenters. The molecule has 1 aliphatic heterocycles. The van der Waals surface area contributed by atoms with Gasteiger partial charge in [0.1, 0.15) is 0 Å². The van der Waals surface area contributed by atoms with Crippen molar-refractivity contribution in [2.75, 3.05) is 33.4 Å². The van der Waals surface area contributed by atoms with Crippen LogP contribution in [0.15, 0.2) is 0 Å². The highest BCUT2D eigenvalue weighted by Crippen LogP contribution is 2.14. The Hall–Kier alpha value is -0.610. The van der Waals surface area contributed by atoms with Crippen molar-refractivity contribution < 1.29 is 14.3 Å². The van der Waals surface area contributed by atoms with Crippen LogP contribution in [0.3, 0.4) is 0 Å². The molecular weight excluding hydrogens is 242 g/mol. The molecule has 0 aromatic heterocycles. The largest absolute Gasteiger partial charge is 0.469 e. The lowest BCUT2D eigenvalue weighted by atomic mass is 10.1. The number of rotatable bonds is 10. The van der Waals surface area contributed by atoms with Crippen LogP contribution in [0.1, 0.15) is 51.9 Å². The average Bonchev–Trinajstić information content (AvgIpc) is 2.93. The van der Waals surface area contributed by atoms with Gasteiger partial charge in [-0.3, -0.25) is 4.79 Å². The second kappa shape index (κ2) is 10.2. The summed E-state index contributed by atoms with van der Waals surface area (Å²) in [5.41, 5.74) is 0. The van der Waals surface area contributed by atoms with E-state index in [2.05, 4.69) is 11.8 Å². The van der Waals surface area contributed by atoms with Crippen molar-refractivity contribution >= 4 is 5.97 Å². The van der Waals surface area contributed by atoms with Gasteiger partial charge in [-0.2, -0.15) is 0 Å². The molecule has 0 aliphatic carbocycles. The molecule has 0 radical (unpaired) electrons. The lowest BCUT2D eigenvalue weighted by Gasteiger charge is -2.24. The van der Waals surface area contributed by atoms with Gasteiger partial charge >= 0.3 is 5.97 Å². The third-order valence-electron chi connectivity index (χ3n) is 3.67. The second-order valence-corrected chi connectivity index (χ2v) is 5.32. The minimum absolute atomic E-state index is 0.120. The zero-order valence-corrected chi connectivity index (χ0v) is 12.5. The SMILES string of the molecule is CCCCCCN(CCC(=O)OC)CC1CCCO1. The summed E-state index contributed by atoms with van der Waals surface area (Å²) >= 11 is 0. The van der Waals surface area contributed by atoms with Crippen LogP contribution in [-0.2, 0) is 14.3 Å². The van der Waals surface area contributed by atoms with E-state index in [1.807, 2.05) is 0 Å². The Balaban J connectivity index is 2.26. The fourth-order valence-electron chi connectivity index (χ4n) is 2.48. The highest BCUT2D eigenvalue weighted by atomic mass is 16.5. The number of carbonyl (C=O) groups is 1. The quantitative estimate of drug-likeness (QED) is 0.452. The van der Waals surface area contributed by atoms with E-state index in [0.717, 1.165) is 32.7 Å². The summed E-state index contributed by atoms with van der Waals surface area (Å²) in [6, 6.07) is 0. The molecule has 0 saturated carbocycles. The Morgan fingerprint density at radius 3 is 2.79 bits per heavy atom. The van der Waals surface area contributed by atoms with Gasteiger partial charge < -0.3 is 14.4 Å². The fraction of sp³-hybridized carbons (Fsp3) is 0.933. The minimum atomic E-state index is -0.120. The summed E-state index contributed by atoms with van der Waals surface area (Å²) in [5.74, 6) is -0.120. The molecule has 112 valence electrons. The fourth-order valence-corrected chi connectivity index (χ4v) is 2.48. The number of methoxy groups -OCH3 is 1. The summed E-state index contributed by atoms with van der Waals surface area (Å²) in [6.45, 7) is 5.94. The number of carbonyl (C=O) groups excluding carboxylic acids is 1. The van der Waals surface area contributed by atoms with Crippen LogP contribution in [0.5, 0.6) is 0 Å². The molecule has 0 spiro atoms. The second-order valence-electron chi connectivity index (χ2n) is 5.32. The number of hydrogen-bond acceptors (Lipinski definition) is 4. The third-order valence-corrected chi connectivity index (χ3v) is 3.67. The molecule has 4 heteroatoms. The van der Waals surface area contributed by atoms with Crippen LogP contribution in [0.25, 0.3) is 0 Å². The van der Waals surface area contributed by atoms with Gasteiger partial charge in [-0.25, -0.2) is 0 Å². The standard InChI is InChI=1S/C15H29NO3/c1-3-4-5-6-10-16(11-9-15(17)18-2)13-14-8-7-12-19-14/h14H,3-13H2,1-2H3. The number of unbranched alkanes of at least 4 members (excludes halogenated alkanes) is 3. The van der Waals surface area contributed by atoms with Crippen LogP contribution in [0, 0.1) is 0 Å². The third kappa shape index (κ3) is 7.53. The maximum absolute atomic E-state index is 11.2. The van der Waals surface area contributed by atoms with Crippen LogP contribution in [0.2, 0.25) is 0 Å². The Labute approximate surface area is 117 Å². The van der Waals surface area contributed by atoms with Crippen molar-refractivity contribution in [3.05, 3.63) is 0 Å². The highest BCUT2D eigenvalue weighted by Gasteiger charge is 2.19. The minimum Gasteiger partial charge on any atom is -0.469 e. The van der Waals surface area contributed by atoms with Crippen molar-refractivity contribution in [3.8, 4) is 0 Å². The average molecular weight is 271 g/mol. The summed E-state index contributed by atoms with van der Waals surface area (Å²) in [6.07, 6.45) is 8.22. The highest BCUT2D eigenvalue weighted by molar-refractivity contribution is 5.69. The first-order valence-electron chi connectivity index (χ1n) is 7.67. The molecule has 1 fully saturated rings. The van der Waals surface area contributed by atoms with E-state index >= 15 is 0 Å². The van der Waals surface area contributed by atoms with Crippen molar-refractivity contribution in [2.24, 2.45) is 0 Å². The molecule has 1 saturated heterocycles. The summed E-state index contributed by atoms with van der Waals surface area (Å²) < 4.78 is 10.4. The van der Waals surface area contributed by atoms with E-state index in [9.17, 15) is 4.79 Å². The predicted molar refractivity (Wildman–Crippen MR) is 76.2 cm³/mol. The monoisotopic (exact) mass is 271 g/mol. The normalized spacial score (nSPS) is 19.0. The maximum atomic E-state index is 11.2. The first kappa shape index (κ1) is 16.4. The van der Waals surface area contributed by atoms with Crippen LogP contribution in [0.4, 0.5) is 0 Å². The van der Waals surface area contributed by atoms with Crippen molar-refractivity contribution in [2.45, 2.75) is 58.0 Å². The molecule has 1 aliphatic rings. The van der Waals surface area contributed by atoms with Gasteiger partial charge in [0, 0.05) is 19.7 Å². The molecule has 1 heterocycles. The van der Waals surface area contributed by atoms with Crippen LogP contribution in [-0.4, -0.2) is 50.3 Å². The van der Waals surface area contributed by atoms with Gasteiger partial charge in [0.25, 0.3) is 0 Å². The lowest BCUT2D eigenvalue weighted by Crippen LogP contribution is -2.34. The predicted octanol–water partition coefficient (Wildman–Crippen LogP) is 2.61. The zero-order chi connectivity index (χ0) is 13.9. The molecule has 1 rings (SSSR count). The Morgan fingerprint density at radius 2 is 2.16 bits per heavy atom. The van der Waals surface area contributed by atoms with Crippen LogP contribution >= 0.6 is 0 Å². The van der Waals surface area contributed by atoms with Gasteiger partial charge in [-0.15, -0.1) is 0 Å². The van der Waals surface area contributed by atoms with E-state index < -0.39 is 0 Å². The van der Waals surface area contributed by atoms with E-state index in [-0.39, 0.29) is 5.97 Å². The molecule has 0 amide bonds. The summed E-state index contributed by atoms with van der Waals surface area (Å²) in [4.78, 5) is 13.6. The van der Waals surface area contributed by atoms with E-state index in [0.29, 0.717) is 12.5 Å². The number of ether oxygens (including phenoxy) is 2. The summed E-state index contributed by atoms with van der Waals surface area (Å²) in [5, 5.41) is 0. The molecular formula is C15H29NO3. The van der Waals surface area contributed by atoms with Gasteiger partial charge in [-0.05, 0) is 25.8 Å². The number of esters is 1. The molecule has 0 aromatic rings. The zero-order valence-electron chi connectivity index (χ0n) is 12.5. The Bertz CT molecular complexity index is 240. The van der Waals surface area contributed by atoms with Crippen LogP contribution < -0.4 is 0 Å². The number of nitrogens with zero attached hydrogens (tertiary/aromatic N) is 1. The van der Waals surface area contributed by atoms with Gasteiger partial charge in [0.15, 0.2) is 0 Å². The molecule has 0 N–H and O–H groups in total. The smallest absolute Gasteiger partial charge is 0.306 e. The van der Waals surface area contributed by atoms with E-state index in [1.165, 1.54) is 39.2 Å². The van der Waals surface area contributed by atoms with E-state index in [4.69, 9.17) is 9.47 Å². The van der Waals surface area contributed by atoms with Gasteiger partial charge in [0.2, 0.25) is 0 Å². The maximum Gasteiger partial charge on any atom is 0.306 e. The van der Waals surface area contributed by atoms with E-state index in [1.54, 1.807) is 0 Å². The lowest BCUT2D eigenvalue weighted by molar-refractivity contribution is -0.141. The van der Waals surface area contributed by atoms with Crippen molar-refractivity contribution in [3.63, 3.8) is 0 Å². The topological polar surface area (TPSA) is 38.8 Å². The molecule has 4 nitrogen and oxygen atoms in total. The summed E-state index contributed by atoms with van der Waals surface area (Å²) in [7, 11) is 1.45. The first-order chi connectivity index (χ1) is 9.26. The Morgan fingerprint density at radius 1 is 1.32 bits per heavy atom. The number of hydrogen-bond donors (Lipinski definition) is 0. The molecule has 0 bridgehead atoms.